The standard InChI is InChI=1S/C9H18ClNO/c1-4-8(12)11-7-9(2,3)5-6-10/h4-7H2,1-3H3,(H,11,12). The van der Waals surface area contributed by atoms with E-state index in [1.807, 2.05) is 6.92 Å². The summed E-state index contributed by atoms with van der Waals surface area (Å²) in [7, 11) is 0. The van der Waals surface area contributed by atoms with Crippen LogP contribution in [0.2, 0.25) is 0 Å². The summed E-state index contributed by atoms with van der Waals surface area (Å²) in [4.78, 5) is 10.9. The van der Waals surface area contributed by atoms with Crippen molar-refractivity contribution in [1.82, 2.24) is 5.32 Å². The van der Waals surface area contributed by atoms with Crippen molar-refractivity contribution in [1.29, 1.82) is 0 Å². The van der Waals surface area contributed by atoms with Gasteiger partial charge in [0.2, 0.25) is 5.91 Å². The van der Waals surface area contributed by atoms with Crippen LogP contribution in [0, 0.1) is 5.41 Å². The number of halogens is 1. The van der Waals surface area contributed by atoms with Gasteiger partial charge in [-0.25, -0.2) is 0 Å². The van der Waals surface area contributed by atoms with Gasteiger partial charge >= 0.3 is 0 Å². The lowest BCUT2D eigenvalue weighted by Crippen LogP contribution is -2.33. The highest BCUT2D eigenvalue weighted by Gasteiger charge is 2.17. The van der Waals surface area contributed by atoms with E-state index in [0.29, 0.717) is 18.8 Å². The zero-order valence-electron chi connectivity index (χ0n) is 8.11. The first kappa shape index (κ1) is 11.8. The third-order valence-corrected chi connectivity index (χ3v) is 2.05. The second kappa shape index (κ2) is 5.41. The monoisotopic (exact) mass is 191 g/mol. The second-order valence-corrected chi connectivity index (χ2v) is 4.11. The maximum Gasteiger partial charge on any atom is 0.219 e. The Morgan fingerprint density at radius 3 is 2.50 bits per heavy atom. The van der Waals surface area contributed by atoms with Crippen molar-refractivity contribution in [2.24, 2.45) is 5.41 Å². The van der Waals surface area contributed by atoms with E-state index >= 15 is 0 Å². The molecule has 12 heavy (non-hydrogen) atoms. The molecule has 0 heterocycles. The van der Waals surface area contributed by atoms with Crippen molar-refractivity contribution >= 4 is 17.5 Å². The smallest absolute Gasteiger partial charge is 0.219 e. The van der Waals surface area contributed by atoms with E-state index in [4.69, 9.17) is 11.6 Å². The molecule has 0 aliphatic carbocycles. The lowest BCUT2D eigenvalue weighted by Gasteiger charge is -2.23. The first-order valence-electron chi connectivity index (χ1n) is 4.34. The molecule has 0 aliphatic rings. The van der Waals surface area contributed by atoms with Gasteiger partial charge in [-0.1, -0.05) is 20.8 Å². The van der Waals surface area contributed by atoms with Crippen LogP contribution in [0.5, 0.6) is 0 Å². The van der Waals surface area contributed by atoms with E-state index in [1.54, 1.807) is 0 Å². The number of carbonyl (C=O) groups is 1. The van der Waals surface area contributed by atoms with Crippen LogP contribution in [-0.4, -0.2) is 18.3 Å². The molecule has 0 atom stereocenters. The third kappa shape index (κ3) is 5.42. The molecule has 0 unspecified atom stereocenters. The molecule has 0 bridgehead atoms. The summed E-state index contributed by atoms with van der Waals surface area (Å²) in [5.74, 6) is 0.757. The SMILES string of the molecule is CCC(=O)NCC(C)(C)CCCl. The van der Waals surface area contributed by atoms with Crippen LogP contribution >= 0.6 is 11.6 Å². The maximum absolute atomic E-state index is 10.9. The average molecular weight is 192 g/mol. The predicted octanol–water partition coefficient (Wildman–Crippen LogP) is 2.17. The van der Waals surface area contributed by atoms with Gasteiger partial charge in [-0.15, -0.1) is 11.6 Å². The van der Waals surface area contributed by atoms with Crippen molar-refractivity contribution in [3.05, 3.63) is 0 Å². The molecule has 0 fully saturated rings. The highest BCUT2D eigenvalue weighted by molar-refractivity contribution is 6.17. The van der Waals surface area contributed by atoms with Gasteiger partial charge in [0.1, 0.15) is 0 Å². The molecule has 0 spiro atoms. The molecule has 1 amide bonds. The van der Waals surface area contributed by atoms with Gasteiger partial charge in [-0.3, -0.25) is 4.79 Å². The predicted molar refractivity (Wildman–Crippen MR) is 52.4 cm³/mol. The fraction of sp³-hybridized carbons (Fsp3) is 0.889. The van der Waals surface area contributed by atoms with Gasteiger partial charge in [-0.2, -0.15) is 0 Å². The number of amides is 1. The van der Waals surface area contributed by atoms with E-state index in [9.17, 15) is 4.79 Å². The summed E-state index contributed by atoms with van der Waals surface area (Å²) >= 11 is 5.62. The lowest BCUT2D eigenvalue weighted by molar-refractivity contribution is -0.121. The number of rotatable bonds is 5. The average Bonchev–Trinajstić information content (AvgIpc) is 2.00. The minimum absolute atomic E-state index is 0.109. The zero-order chi connectivity index (χ0) is 9.61. The first-order valence-corrected chi connectivity index (χ1v) is 4.88. The molecular weight excluding hydrogens is 174 g/mol. The Hall–Kier alpha value is -0.240. The summed E-state index contributed by atoms with van der Waals surface area (Å²) < 4.78 is 0. The molecule has 72 valence electrons. The molecule has 0 aromatic heterocycles. The fourth-order valence-corrected chi connectivity index (χ4v) is 1.32. The highest BCUT2D eigenvalue weighted by Crippen LogP contribution is 2.19. The number of carbonyl (C=O) groups excluding carboxylic acids is 1. The van der Waals surface area contributed by atoms with Crippen molar-refractivity contribution < 1.29 is 4.79 Å². The largest absolute Gasteiger partial charge is 0.356 e. The molecule has 3 heteroatoms. The van der Waals surface area contributed by atoms with E-state index in [2.05, 4.69) is 19.2 Å². The van der Waals surface area contributed by atoms with Crippen LogP contribution < -0.4 is 5.32 Å². The van der Waals surface area contributed by atoms with Crippen LogP contribution in [0.3, 0.4) is 0 Å². The minimum Gasteiger partial charge on any atom is -0.356 e. The topological polar surface area (TPSA) is 29.1 Å². The molecule has 0 aliphatic heterocycles. The van der Waals surface area contributed by atoms with Crippen molar-refractivity contribution in [2.75, 3.05) is 12.4 Å². The second-order valence-electron chi connectivity index (χ2n) is 3.73. The van der Waals surface area contributed by atoms with Gasteiger partial charge in [0.05, 0.1) is 0 Å². The van der Waals surface area contributed by atoms with Crippen LogP contribution in [-0.2, 0) is 4.79 Å². The van der Waals surface area contributed by atoms with Crippen molar-refractivity contribution in [2.45, 2.75) is 33.6 Å². The van der Waals surface area contributed by atoms with Gasteiger partial charge in [0.15, 0.2) is 0 Å². The molecule has 1 N–H and O–H groups in total. The zero-order valence-corrected chi connectivity index (χ0v) is 8.87. The Bertz CT molecular complexity index is 145. The van der Waals surface area contributed by atoms with Crippen LogP contribution in [0.15, 0.2) is 0 Å². The summed E-state index contributed by atoms with van der Waals surface area (Å²) in [6.45, 7) is 6.77. The number of nitrogens with one attached hydrogen (secondary N) is 1. The fourth-order valence-electron chi connectivity index (χ4n) is 0.807. The van der Waals surface area contributed by atoms with Crippen molar-refractivity contribution in [3.63, 3.8) is 0 Å². The van der Waals surface area contributed by atoms with Crippen LogP contribution in [0.4, 0.5) is 0 Å². The lowest BCUT2D eigenvalue weighted by atomic mass is 9.90. The Morgan fingerprint density at radius 2 is 2.08 bits per heavy atom. The Balaban J connectivity index is 3.67. The van der Waals surface area contributed by atoms with E-state index in [1.165, 1.54) is 0 Å². The van der Waals surface area contributed by atoms with E-state index in [0.717, 1.165) is 6.42 Å². The Kier molecular flexibility index (Phi) is 5.31. The summed E-state index contributed by atoms with van der Waals surface area (Å²) in [6, 6.07) is 0. The quantitative estimate of drug-likeness (QED) is 0.664. The van der Waals surface area contributed by atoms with Gasteiger partial charge in [0, 0.05) is 18.8 Å². The van der Waals surface area contributed by atoms with E-state index in [-0.39, 0.29) is 11.3 Å². The summed E-state index contributed by atoms with van der Waals surface area (Å²) in [5.41, 5.74) is 0.118. The molecule has 0 aromatic rings. The molecule has 0 saturated carbocycles. The molecule has 0 aromatic carbocycles. The van der Waals surface area contributed by atoms with E-state index < -0.39 is 0 Å². The van der Waals surface area contributed by atoms with Gasteiger partial charge in [-0.05, 0) is 11.8 Å². The molecule has 0 saturated heterocycles. The van der Waals surface area contributed by atoms with Crippen molar-refractivity contribution in [3.8, 4) is 0 Å². The van der Waals surface area contributed by atoms with Crippen LogP contribution in [0.1, 0.15) is 33.6 Å². The maximum atomic E-state index is 10.9. The molecule has 0 rings (SSSR count). The van der Waals surface area contributed by atoms with Crippen LogP contribution in [0.25, 0.3) is 0 Å². The first-order chi connectivity index (χ1) is 5.52. The summed E-state index contributed by atoms with van der Waals surface area (Å²) in [6.07, 6.45) is 1.48. The number of alkyl halides is 1. The Morgan fingerprint density at radius 1 is 1.50 bits per heavy atom. The highest BCUT2D eigenvalue weighted by atomic mass is 35.5. The Labute approximate surface area is 79.7 Å². The number of hydrogen-bond acceptors (Lipinski definition) is 1. The minimum atomic E-state index is 0.109. The molecule has 0 radical (unpaired) electrons. The summed E-state index contributed by atoms with van der Waals surface area (Å²) in [5, 5.41) is 2.86. The van der Waals surface area contributed by atoms with Gasteiger partial charge < -0.3 is 5.32 Å². The van der Waals surface area contributed by atoms with Gasteiger partial charge in [0.25, 0.3) is 0 Å². The normalized spacial score (nSPS) is 11.3. The molecule has 2 nitrogen and oxygen atoms in total. The molecular formula is C9H18ClNO. The third-order valence-electron chi connectivity index (χ3n) is 1.86. The number of hydrogen-bond donors (Lipinski definition) is 1.